The van der Waals surface area contributed by atoms with E-state index in [1.165, 1.54) is 6.92 Å². The normalized spacial score (nSPS) is 14.0. The first-order valence-corrected chi connectivity index (χ1v) is 14.9. The van der Waals surface area contributed by atoms with Crippen molar-refractivity contribution in [2.24, 2.45) is 5.16 Å². The summed E-state index contributed by atoms with van der Waals surface area (Å²) < 4.78 is 0. The van der Waals surface area contributed by atoms with Gasteiger partial charge in [0.15, 0.2) is 5.78 Å². The first kappa shape index (κ1) is 28.8. The second-order valence-electron chi connectivity index (χ2n) is 10.00. The van der Waals surface area contributed by atoms with E-state index in [9.17, 15) is 9.59 Å². The van der Waals surface area contributed by atoms with Gasteiger partial charge >= 0.3 is 5.97 Å². The van der Waals surface area contributed by atoms with E-state index in [1.54, 1.807) is 11.8 Å². The molecule has 0 radical (unpaired) electrons. The summed E-state index contributed by atoms with van der Waals surface area (Å²) in [5.41, 5.74) is 8.23. The molecule has 1 N–H and O–H groups in total. The number of nitrogens with zero attached hydrogens (tertiary/aromatic N) is 1. The number of hydrogen-bond acceptors (Lipinski definition) is 6. The van der Waals surface area contributed by atoms with Crippen molar-refractivity contribution >= 4 is 40.8 Å². The lowest BCUT2D eigenvalue weighted by molar-refractivity contribution is -0.140. The van der Waals surface area contributed by atoms with Gasteiger partial charge in [0.25, 0.3) is 0 Å². The number of fused-ring (bicyclic) bond motifs is 3. The predicted octanol–water partition coefficient (Wildman–Crippen LogP) is 8.01. The summed E-state index contributed by atoms with van der Waals surface area (Å²) in [4.78, 5) is 31.3. The molecule has 0 aliphatic heterocycles. The molecule has 0 aromatic heterocycles. The van der Waals surface area contributed by atoms with Crippen LogP contribution >= 0.6 is 23.4 Å². The Morgan fingerprint density at radius 2 is 1.59 bits per heavy atom. The summed E-state index contributed by atoms with van der Waals surface area (Å²) in [6.45, 7) is 3.30. The fourth-order valence-electron chi connectivity index (χ4n) is 5.19. The number of carbonyl (C=O) groups excluding carboxylic acids is 2. The average Bonchev–Trinajstić information content (AvgIpc) is 3.29. The van der Waals surface area contributed by atoms with Crippen LogP contribution in [-0.2, 0) is 9.63 Å². The van der Waals surface area contributed by atoms with Crippen molar-refractivity contribution in [1.29, 1.82) is 0 Å². The maximum atomic E-state index is 13.4. The maximum absolute atomic E-state index is 13.4. The zero-order valence-corrected chi connectivity index (χ0v) is 24.8. The van der Waals surface area contributed by atoms with Crippen molar-refractivity contribution in [3.8, 4) is 11.1 Å². The van der Waals surface area contributed by atoms with E-state index < -0.39 is 5.97 Å². The summed E-state index contributed by atoms with van der Waals surface area (Å²) in [5, 5.41) is 8.37. The number of ketones is 1. The van der Waals surface area contributed by atoms with Crippen LogP contribution < -0.4 is 5.32 Å². The van der Waals surface area contributed by atoms with Gasteiger partial charge in [0.1, 0.15) is 0 Å². The minimum atomic E-state index is -0.459. The van der Waals surface area contributed by atoms with Crippen molar-refractivity contribution in [2.75, 3.05) is 12.8 Å². The third-order valence-electron chi connectivity index (χ3n) is 7.22. The Bertz CT molecular complexity index is 1630. The van der Waals surface area contributed by atoms with Crippen molar-refractivity contribution in [3.05, 3.63) is 123 Å². The molecule has 0 bridgehead atoms. The fraction of sp³-hybridized carbons (Fsp3) is 0.206. The maximum Gasteiger partial charge on any atom is 0.331 e. The van der Waals surface area contributed by atoms with Crippen LogP contribution in [0.3, 0.4) is 0 Å². The summed E-state index contributed by atoms with van der Waals surface area (Å²) in [7, 11) is 1.94. The molecule has 208 valence electrons. The van der Waals surface area contributed by atoms with E-state index in [4.69, 9.17) is 16.4 Å². The Morgan fingerprint density at radius 3 is 2.24 bits per heavy atom. The lowest BCUT2D eigenvalue weighted by Gasteiger charge is -2.13. The van der Waals surface area contributed by atoms with Crippen molar-refractivity contribution < 1.29 is 14.4 Å². The van der Waals surface area contributed by atoms with Gasteiger partial charge in [-0.2, -0.15) is 0 Å². The average molecular weight is 583 g/mol. The molecule has 0 saturated carbocycles. The van der Waals surface area contributed by atoms with Crippen LogP contribution in [0.5, 0.6) is 0 Å². The quantitative estimate of drug-likeness (QED) is 0.0512. The van der Waals surface area contributed by atoms with Gasteiger partial charge in [-0.1, -0.05) is 65.3 Å². The monoisotopic (exact) mass is 582 g/mol. The number of carbonyl (C=O) groups is 2. The molecule has 5 rings (SSSR count). The van der Waals surface area contributed by atoms with Gasteiger partial charge in [-0.15, -0.1) is 11.8 Å². The van der Waals surface area contributed by atoms with Crippen LogP contribution in [0.4, 0.5) is 0 Å². The second kappa shape index (κ2) is 12.9. The highest BCUT2D eigenvalue weighted by molar-refractivity contribution is 7.99. The van der Waals surface area contributed by atoms with Gasteiger partial charge in [0, 0.05) is 28.0 Å². The standard InChI is InChI=1S/C34H31ClN2O3S/c1-21-7-4-5-8-27(21)34(39)24-11-17-29-31(20-24)30-19-23(10-16-28(30)33(29)36-3)32(37-40-22(2)38)9-6-18-41-26-14-12-25(35)13-15-26/h4-5,7-8,10-17,19-20,33,36H,6,9,18H2,1-3H3/b37-32+. The van der Waals surface area contributed by atoms with Gasteiger partial charge in [0.2, 0.25) is 0 Å². The van der Waals surface area contributed by atoms with Crippen molar-refractivity contribution in [2.45, 2.75) is 37.6 Å². The Labute approximate surface area is 250 Å². The van der Waals surface area contributed by atoms with Gasteiger partial charge in [-0.05, 0) is 102 Å². The first-order valence-electron chi connectivity index (χ1n) is 13.5. The molecule has 1 atom stereocenters. The van der Waals surface area contributed by atoms with Crippen molar-refractivity contribution in [3.63, 3.8) is 0 Å². The van der Waals surface area contributed by atoms with E-state index in [-0.39, 0.29) is 11.8 Å². The third kappa shape index (κ3) is 6.46. The Hall–Kier alpha value is -3.71. The van der Waals surface area contributed by atoms with Gasteiger partial charge in [0.05, 0.1) is 11.8 Å². The number of nitrogens with one attached hydrogen (secondary N) is 1. The smallest absolute Gasteiger partial charge is 0.318 e. The molecule has 41 heavy (non-hydrogen) atoms. The molecule has 5 nitrogen and oxygen atoms in total. The topological polar surface area (TPSA) is 67.8 Å². The number of oxime groups is 1. The molecule has 0 spiro atoms. The predicted molar refractivity (Wildman–Crippen MR) is 167 cm³/mol. The zero-order chi connectivity index (χ0) is 28.9. The highest BCUT2D eigenvalue weighted by Gasteiger charge is 2.29. The molecular weight excluding hydrogens is 552 g/mol. The number of hydrogen-bond donors (Lipinski definition) is 1. The summed E-state index contributed by atoms with van der Waals surface area (Å²) in [5.74, 6) is 0.423. The summed E-state index contributed by atoms with van der Waals surface area (Å²) in [6.07, 6.45) is 1.48. The number of rotatable bonds is 10. The van der Waals surface area contributed by atoms with Gasteiger partial charge < -0.3 is 10.2 Å². The Morgan fingerprint density at radius 1 is 0.927 bits per heavy atom. The molecule has 0 fully saturated rings. The molecule has 4 aromatic rings. The number of thioether (sulfide) groups is 1. The Balaban J connectivity index is 1.43. The van der Waals surface area contributed by atoms with E-state index >= 15 is 0 Å². The minimum Gasteiger partial charge on any atom is -0.318 e. The van der Waals surface area contributed by atoms with Crippen LogP contribution in [0, 0.1) is 6.92 Å². The molecule has 1 aliphatic rings. The molecule has 7 heteroatoms. The van der Waals surface area contributed by atoms with Gasteiger partial charge in [-0.25, -0.2) is 4.79 Å². The molecule has 0 heterocycles. The molecule has 0 saturated heterocycles. The van der Waals surface area contributed by atoms with E-state index in [1.807, 2.05) is 86.8 Å². The summed E-state index contributed by atoms with van der Waals surface area (Å²) in [6, 6.07) is 27.6. The van der Waals surface area contributed by atoms with Crippen molar-refractivity contribution in [1.82, 2.24) is 5.32 Å². The second-order valence-corrected chi connectivity index (χ2v) is 11.6. The summed E-state index contributed by atoms with van der Waals surface area (Å²) >= 11 is 7.75. The van der Waals surface area contributed by atoms with E-state index in [0.29, 0.717) is 23.3 Å². The number of benzene rings is 4. The fourth-order valence-corrected chi connectivity index (χ4v) is 6.17. The van der Waals surface area contributed by atoms with Crippen LogP contribution in [0.15, 0.2) is 95.0 Å². The highest BCUT2D eigenvalue weighted by atomic mass is 35.5. The van der Waals surface area contributed by atoms with Gasteiger partial charge in [-0.3, -0.25) is 4.79 Å². The van der Waals surface area contributed by atoms with Crippen LogP contribution in [0.1, 0.15) is 64.0 Å². The lowest BCUT2D eigenvalue weighted by Crippen LogP contribution is -2.15. The van der Waals surface area contributed by atoms with E-state index in [2.05, 4.69) is 22.6 Å². The first-order chi connectivity index (χ1) is 19.9. The number of aryl methyl sites for hydroxylation is 1. The van der Waals surface area contributed by atoms with Crippen LogP contribution in [0.25, 0.3) is 11.1 Å². The lowest BCUT2D eigenvalue weighted by atomic mass is 9.94. The molecule has 1 unspecified atom stereocenters. The SMILES string of the molecule is CNC1c2ccc(C(=O)c3ccccc3C)cc2-c2cc(/C(CCCSc3ccc(Cl)cc3)=N/OC(C)=O)ccc21. The number of halogens is 1. The minimum absolute atomic E-state index is 0.00630. The van der Waals surface area contributed by atoms with E-state index in [0.717, 1.165) is 55.5 Å². The highest BCUT2D eigenvalue weighted by Crippen LogP contribution is 2.44. The Kier molecular flexibility index (Phi) is 9.03. The molecule has 0 amide bonds. The third-order valence-corrected chi connectivity index (χ3v) is 8.57. The van der Waals surface area contributed by atoms with Crippen LogP contribution in [0.2, 0.25) is 5.02 Å². The van der Waals surface area contributed by atoms with Crippen LogP contribution in [-0.4, -0.2) is 30.3 Å². The zero-order valence-electron chi connectivity index (χ0n) is 23.2. The molecule has 4 aromatic carbocycles. The molecule has 1 aliphatic carbocycles. The largest absolute Gasteiger partial charge is 0.331 e. The molecular formula is C34H31ClN2O3S.